The minimum atomic E-state index is -2.05. The van der Waals surface area contributed by atoms with E-state index >= 15 is 0 Å². The van der Waals surface area contributed by atoms with Crippen molar-refractivity contribution in [2.75, 3.05) is 0 Å². The van der Waals surface area contributed by atoms with Crippen LogP contribution >= 0.6 is 0 Å². The highest BCUT2D eigenvalue weighted by Gasteiger charge is 2.83. The fourth-order valence-corrected chi connectivity index (χ4v) is 9.72. The van der Waals surface area contributed by atoms with E-state index in [-0.39, 0.29) is 54.4 Å². The number of hydrogen-bond donors (Lipinski definition) is 2. The number of rotatable bonds is 2. The van der Waals surface area contributed by atoms with Crippen molar-refractivity contribution in [2.45, 2.75) is 102 Å². The molecule has 6 fully saturated rings. The van der Waals surface area contributed by atoms with Gasteiger partial charge in [-0.1, -0.05) is 13.8 Å². The number of allylic oxidation sites excluding steroid dienone is 2. The molecule has 0 aromatic heterocycles. The highest BCUT2D eigenvalue weighted by molar-refractivity contribution is 5.93. The van der Waals surface area contributed by atoms with Crippen molar-refractivity contribution in [3.05, 3.63) is 23.5 Å². The molecule has 4 saturated heterocycles. The van der Waals surface area contributed by atoms with Gasteiger partial charge in [0.15, 0.2) is 0 Å². The standard InChI is InChI=1S/C29H36O9/c1-13(8-15-9-14(2)24(33)35-15)20-22-26(20,5)6-7-27-12-28-17(25(3,4)36-18(28)11-19(31)37-28)10-16(30)21(27)23(32)29(22,34)38-27/h8-9,13,16-18,20-22,30,34H,6-7,10-12H2,1-5H3/b15-8-/t13-,16+,17+,18-,20-,21+,22+,26-,27+,28-,29+/m1/s1. The number of carbonyl (C=O) groups excluding carboxylic acids is 3. The van der Waals surface area contributed by atoms with E-state index in [1.54, 1.807) is 13.0 Å². The van der Waals surface area contributed by atoms with Crippen molar-refractivity contribution in [3.63, 3.8) is 0 Å². The first kappa shape index (κ1) is 24.9. The predicted octanol–water partition coefficient (Wildman–Crippen LogP) is 2.33. The van der Waals surface area contributed by atoms with Gasteiger partial charge in [0.1, 0.15) is 17.5 Å². The lowest BCUT2D eigenvalue weighted by molar-refractivity contribution is -0.244. The second-order valence-electron chi connectivity index (χ2n) is 13.7. The van der Waals surface area contributed by atoms with Crippen molar-refractivity contribution in [1.82, 2.24) is 0 Å². The third kappa shape index (κ3) is 2.89. The van der Waals surface area contributed by atoms with Crippen LogP contribution in [0.15, 0.2) is 23.5 Å². The number of carbonyl (C=O) groups is 3. The van der Waals surface area contributed by atoms with Crippen molar-refractivity contribution in [2.24, 2.45) is 35.0 Å². The van der Waals surface area contributed by atoms with Crippen molar-refractivity contribution in [3.8, 4) is 0 Å². The Morgan fingerprint density at radius 2 is 1.89 bits per heavy atom. The first-order chi connectivity index (χ1) is 17.7. The van der Waals surface area contributed by atoms with Crippen LogP contribution in [0.5, 0.6) is 0 Å². The van der Waals surface area contributed by atoms with E-state index in [1.165, 1.54) is 0 Å². The largest absolute Gasteiger partial charge is 0.456 e. The van der Waals surface area contributed by atoms with E-state index in [0.29, 0.717) is 24.2 Å². The van der Waals surface area contributed by atoms with Gasteiger partial charge >= 0.3 is 11.9 Å². The molecule has 9 heteroatoms. The zero-order valence-corrected chi connectivity index (χ0v) is 22.5. The highest BCUT2D eigenvalue weighted by Crippen LogP contribution is 2.75. The summed E-state index contributed by atoms with van der Waals surface area (Å²) < 4.78 is 24.3. The second kappa shape index (κ2) is 7.16. The van der Waals surface area contributed by atoms with Crippen LogP contribution in [0.1, 0.15) is 66.7 Å². The molecule has 7 rings (SSSR count). The molecule has 7 aliphatic rings. The number of ether oxygens (including phenoxy) is 4. The third-order valence-electron chi connectivity index (χ3n) is 11.2. The quantitative estimate of drug-likeness (QED) is 0.519. The Morgan fingerprint density at radius 3 is 2.58 bits per heavy atom. The molecule has 2 aliphatic carbocycles. The summed E-state index contributed by atoms with van der Waals surface area (Å²) in [4.78, 5) is 38.4. The molecule has 0 aromatic carbocycles. The van der Waals surface area contributed by atoms with Crippen LogP contribution in [0.2, 0.25) is 0 Å². The lowest BCUT2D eigenvalue weighted by atomic mass is 9.69. The molecule has 11 atom stereocenters. The molecule has 5 heterocycles. The Hall–Kier alpha value is -2.07. The molecular formula is C29H36O9. The van der Waals surface area contributed by atoms with Gasteiger partial charge in [0.05, 0.1) is 29.6 Å². The van der Waals surface area contributed by atoms with Gasteiger partial charge in [0.2, 0.25) is 11.6 Å². The highest BCUT2D eigenvalue weighted by atomic mass is 16.7. The first-order valence-corrected chi connectivity index (χ1v) is 13.8. The first-order valence-electron chi connectivity index (χ1n) is 13.8. The van der Waals surface area contributed by atoms with Crippen LogP contribution in [-0.4, -0.2) is 62.7 Å². The number of aliphatic hydroxyl groups is 2. The maximum Gasteiger partial charge on any atom is 0.339 e. The number of aliphatic hydroxyl groups excluding tert-OH is 1. The van der Waals surface area contributed by atoms with Crippen LogP contribution in [-0.2, 0) is 33.3 Å². The molecule has 0 amide bonds. The molecular weight excluding hydrogens is 492 g/mol. The predicted molar refractivity (Wildman–Crippen MR) is 130 cm³/mol. The summed E-state index contributed by atoms with van der Waals surface area (Å²) in [6.07, 6.45) is 3.73. The smallest absolute Gasteiger partial charge is 0.339 e. The average Bonchev–Trinajstić information content (AvgIpc) is 3.00. The second-order valence-corrected chi connectivity index (χ2v) is 13.7. The van der Waals surface area contributed by atoms with Gasteiger partial charge in [-0.15, -0.1) is 0 Å². The fourth-order valence-electron chi connectivity index (χ4n) is 9.72. The van der Waals surface area contributed by atoms with Crippen LogP contribution in [0.3, 0.4) is 0 Å². The molecule has 206 valence electrons. The zero-order chi connectivity index (χ0) is 27.2. The zero-order valence-electron chi connectivity index (χ0n) is 22.5. The summed E-state index contributed by atoms with van der Waals surface area (Å²) in [5, 5.41) is 23.6. The lowest BCUT2D eigenvalue weighted by Gasteiger charge is -2.41. The Morgan fingerprint density at radius 1 is 1.16 bits per heavy atom. The summed E-state index contributed by atoms with van der Waals surface area (Å²) in [6, 6.07) is 0. The summed E-state index contributed by atoms with van der Waals surface area (Å²) in [5.74, 6) is -4.61. The van der Waals surface area contributed by atoms with Crippen molar-refractivity contribution >= 4 is 17.7 Å². The number of cyclic esters (lactones) is 1. The Kier molecular flexibility index (Phi) is 4.70. The molecule has 0 radical (unpaired) electrons. The maximum atomic E-state index is 14.1. The lowest BCUT2D eigenvalue weighted by Crippen LogP contribution is -2.51. The molecule has 0 unspecified atom stereocenters. The minimum Gasteiger partial charge on any atom is -0.456 e. The summed E-state index contributed by atoms with van der Waals surface area (Å²) in [6.45, 7) is 9.67. The Balaban J connectivity index is 1.25. The van der Waals surface area contributed by atoms with Crippen LogP contribution in [0.4, 0.5) is 0 Å². The van der Waals surface area contributed by atoms with Gasteiger partial charge in [0.25, 0.3) is 0 Å². The Labute approximate surface area is 221 Å². The van der Waals surface area contributed by atoms with Gasteiger partial charge in [-0.25, -0.2) is 4.79 Å². The third-order valence-corrected chi connectivity index (χ3v) is 11.2. The van der Waals surface area contributed by atoms with Crippen LogP contribution in [0, 0.1) is 35.0 Å². The molecule has 2 saturated carbocycles. The molecule has 38 heavy (non-hydrogen) atoms. The van der Waals surface area contributed by atoms with Gasteiger partial charge in [-0.3, -0.25) is 9.59 Å². The molecule has 5 aliphatic heterocycles. The number of Topliss-reactive ketones (excluding diaryl/α,β-unsaturated/α-hetero) is 1. The van der Waals surface area contributed by atoms with E-state index in [9.17, 15) is 24.6 Å². The van der Waals surface area contributed by atoms with E-state index in [0.717, 1.165) is 0 Å². The van der Waals surface area contributed by atoms with Crippen LogP contribution < -0.4 is 0 Å². The van der Waals surface area contributed by atoms with Gasteiger partial charge in [-0.2, -0.15) is 0 Å². The Bertz CT molecular complexity index is 1230. The minimum absolute atomic E-state index is 0.0782. The summed E-state index contributed by atoms with van der Waals surface area (Å²) >= 11 is 0. The number of ketones is 1. The maximum absolute atomic E-state index is 14.1. The number of esters is 2. The average molecular weight is 529 g/mol. The molecule has 9 nitrogen and oxygen atoms in total. The van der Waals surface area contributed by atoms with E-state index in [4.69, 9.17) is 18.9 Å². The van der Waals surface area contributed by atoms with Gasteiger partial charge < -0.3 is 29.2 Å². The van der Waals surface area contributed by atoms with E-state index < -0.39 is 52.4 Å². The van der Waals surface area contributed by atoms with Gasteiger partial charge in [0, 0.05) is 23.8 Å². The van der Waals surface area contributed by atoms with E-state index in [1.807, 2.05) is 26.8 Å². The number of hydrogen-bond acceptors (Lipinski definition) is 9. The molecule has 2 bridgehead atoms. The van der Waals surface area contributed by atoms with Crippen molar-refractivity contribution in [1.29, 1.82) is 0 Å². The fraction of sp³-hybridized carbons (Fsp3) is 0.759. The summed E-state index contributed by atoms with van der Waals surface area (Å²) in [5.41, 5.74) is -2.67. The van der Waals surface area contributed by atoms with E-state index in [2.05, 4.69) is 6.92 Å². The summed E-state index contributed by atoms with van der Waals surface area (Å²) in [7, 11) is 0. The van der Waals surface area contributed by atoms with Gasteiger partial charge in [-0.05, 0) is 69.4 Å². The monoisotopic (exact) mass is 528 g/mol. The molecule has 2 spiro atoms. The topological polar surface area (TPSA) is 129 Å². The van der Waals surface area contributed by atoms with Crippen LogP contribution in [0.25, 0.3) is 0 Å². The molecule has 0 aromatic rings. The SMILES string of the molecule is CC1=C/C(=C/[C@@H](C)[C@@H]2[C@H]3[C@]2(C)CC[C@]24C[C@]56OC(=O)C[C@H]5OC(C)(C)[C@@H]6C[C@H](O)[C@H]2C(=O)[C@@]3(O)O4)OC1=O. The molecule has 2 N–H and O–H groups in total. The number of fused-ring (bicyclic) bond motifs is 3. The van der Waals surface area contributed by atoms with Crippen molar-refractivity contribution < 1.29 is 43.5 Å². The normalized spacial score (nSPS) is 53.7.